The van der Waals surface area contributed by atoms with Crippen LogP contribution in [0.1, 0.15) is 34.8 Å². The Morgan fingerprint density at radius 2 is 1.90 bits per heavy atom. The fourth-order valence-electron chi connectivity index (χ4n) is 3.48. The number of carboxylic acids is 1. The van der Waals surface area contributed by atoms with E-state index in [2.05, 4.69) is 41.2 Å². The summed E-state index contributed by atoms with van der Waals surface area (Å²) in [5, 5.41) is 9.94. The third-order valence-electron chi connectivity index (χ3n) is 5.07. The summed E-state index contributed by atoms with van der Waals surface area (Å²) in [6.45, 7) is 3.92. The van der Waals surface area contributed by atoms with Gasteiger partial charge in [-0.05, 0) is 48.2 Å². The number of aromatic amines is 2. The van der Waals surface area contributed by atoms with Gasteiger partial charge in [-0.3, -0.25) is 0 Å². The van der Waals surface area contributed by atoms with E-state index in [9.17, 15) is 9.90 Å². The molecule has 0 radical (unpaired) electrons. The number of carbonyl (C=O) groups is 1. The Morgan fingerprint density at radius 3 is 2.60 bits per heavy atom. The number of aryl methyl sites for hydroxylation is 2. The molecule has 6 heteroatoms. The van der Waals surface area contributed by atoms with Crippen LogP contribution in [-0.4, -0.2) is 16.1 Å². The molecule has 4 rings (SSSR count). The van der Waals surface area contributed by atoms with Crippen molar-refractivity contribution in [1.29, 1.82) is 0 Å². The third-order valence-corrected chi connectivity index (χ3v) is 5.38. The Kier molecular flexibility index (Phi) is 5.46. The highest BCUT2D eigenvalue weighted by Gasteiger charge is 2.17. The summed E-state index contributed by atoms with van der Waals surface area (Å²) in [6, 6.07) is 17.6. The smallest absolute Gasteiger partial charge is 0.458 e. The van der Waals surface area contributed by atoms with Crippen LogP contribution in [0.15, 0.2) is 54.6 Å². The monoisotopic (exact) mass is 421 g/mol. The van der Waals surface area contributed by atoms with Crippen LogP contribution in [0.5, 0.6) is 11.8 Å². The zero-order valence-corrected chi connectivity index (χ0v) is 17.5. The molecule has 0 amide bonds. The molecule has 1 aromatic heterocycles. The molecule has 0 bridgehead atoms. The molecule has 1 heterocycles. The summed E-state index contributed by atoms with van der Waals surface area (Å²) >= 11 is 6.54. The van der Waals surface area contributed by atoms with Crippen molar-refractivity contribution in [3.63, 3.8) is 0 Å². The zero-order valence-electron chi connectivity index (χ0n) is 16.8. The topological polar surface area (TPSA) is 76.5 Å². The number of aromatic carboxylic acids is 1. The molecule has 152 valence electrons. The van der Waals surface area contributed by atoms with Crippen LogP contribution in [-0.2, 0) is 6.42 Å². The summed E-state index contributed by atoms with van der Waals surface area (Å²) in [4.78, 5) is 17.7. The van der Waals surface area contributed by atoms with E-state index < -0.39 is 5.97 Å². The van der Waals surface area contributed by atoms with Crippen LogP contribution in [0, 0.1) is 6.92 Å². The maximum atomic E-state index is 11.3. The van der Waals surface area contributed by atoms with Crippen LogP contribution >= 0.6 is 11.6 Å². The molecule has 0 saturated carbocycles. The highest BCUT2D eigenvalue weighted by molar-refractivity contribution is 6.34. The van der Waals surface area contributed by atoms with Gasteiger partial charge in [0.2, 0.25) is 0 Å². The van der Waals surface area contributed by atoms with Crippen molar-refractivity contribution in [2.75, 3.05) is 0 Å². The van der Waals surface area contributed by atoms with Gasteiger partial charge in [-0.1, -0.05) is 55.3 Å². The van der Waals surface area contributed by atoms with Gasteiger partial charge in [-0.2, -0.15) is 0 Å². The first-order valence-electron chi connectivity index (χ1n) is 9.80. The predicted molar refractivity (Wildman–Crippen MR) is 118 cm³/mol. The molecular formula is C24H22ClN2O3+. The molecule has 0 aliphatic heterocycles. The van der Waals surface area contributed by atoms with E-state index in [1.54, 1.807) is 19.1 Å². The molecule has 3 aromatic carbocycles. The molecule has 0 atom stereocenters. The Balaban J connectivity index is 1.65. The number of H-pyrrole nitrogens is 2. The number of carboxylic acid groups (broad SMARTS) is 1. The van der Waals surface area contributed by atoms with E-state index in [-0.39, 0.29) is 5.56 Å². The second-order valence-electron chi connectivity index (χ2n) is 7.29. The molecule has 0 fully saturated rings. The highest BCUT2D eigenvalue weighted by atomic mass is 35.5. The zero-order chi connectivity index (χ0) is 21.3. The van der Waals surface area contributed by atoms with Gasteiger partial charge in [0, 0.05) is 11.6 Å². The van der Waals surface area contributed by atoms with Crippen LogP contribution in [0.4, 0.5) is 0 Å². The average molecular weight is 422 g/mol. The van der Waals surface area contributed by atoms with Crippen molar-refractivity contribution in [3.05, 3.63) is 76.3 Å². The minimum absolute atomic E-state index is 0.209. The van der Waals surface area contributed by atoms with Crippen molar-refractivity contribution in [1.82, 2.24) is 4.98 Å². The van der Waals surface area contributed by atoms with Crippen molar-refractivity contribution in [3.8, 4) is 22.9 Å². The van der Waals surface area contributed by atoms with Crippen molar-refractivity contribution in [2.45, 2.75) is 26.7 Å². The van der Waals surface area contributed by atoms with E-state index in [0.717, 1.165) is 35.0 Å². The summed E-state index contributed by atoms with van der Waals surface area (Å²) in [5.74, 6) is -0.557. The minimum Gasteiger partial charge on any atom is -0.478 e. The van der Waals surface area contributed by atoms with E-state index in [1.165, 1.54) is 11.6 Å². The van der Waals surface area contributed by atoms with Crippen LogP contribution in [0.2, 0.25) is 5.02 Å². The Hall–Kier alpha value is -3.31. The first kappa shape index (κ1) is 20.0. The maximum Gasteiger partial charge on any atom is 0.458 e. The number of nitrogens with one attached hydrogen (secondary N) is 2. The lowest BCUT2D eigenvalue weighted by molar-refractivity contribution is -0.359. The molecule has 0 unspecified atom stereocenters. The lowest BCUT2D eigenvalue weighted by Crippen LogP contribution is -2.04. The van der Waals surface area contributed by atoms with Gasteiger partial charge in [0.25, 0.3) is 0 Å². The summed E-state index contributed by atoms with van der Waals surface area (Å²) in [5.41, 5.74) is 5.80. The highest BCUT2D eigenvalue weighted by Crippen LogP contribution is 2.32. The van der Waals surface area contributed by atoms with E-state index in [4.69, 9.17) is 16.3 Å². The number of ether oxygens (including phenoxy) is 1. The number of hydrogen-bond acceptors (Lipinski definition) is 2. The Labute approximate surface area is 179 Å². The number of benzene rings is 3. The van der Waals surface area contributed by atoms with Gasteiger partial charge < -0.3 is 9.84 Å². The summed E-state index contributed by atoms with van der Waals surface area (Å²) in [6.07, 6.45) is 2.17. The van der Waals surface area contributed by atoms with E-state index in [0.29, 0.717) is 22.3 Å². The van der Waals surface area contributed by atoms with Gasteiger partial charge >= 0.3 is 12.0 Å². The van der Waals surface area contributed by atoms with Gasteiger partial charge in [0.15, 0.2) is 11.0 Å². The first-order chi connectivity index (χ1) is 14.4. The van der Waals surface area contributed by atoms with Crippen LogP contribution < -0.4 is 9.72 Å². The molecular weight excluding hydrogens is 400 g/mol. The van der Waals surface area contributed by atoms with Crippen LogP contribution in [0.3, 0.4) is 0 Å². The summed E-state index contributed by atoms with van der Waals surface area (Å²) < 4.78 is 5.82. The molecule has 30 heavy (non-hydrogen) atoms. The largest absolute Gasteiger partial charge is 0.478 e. The minimum atomic E-state index is -0.986. The Morgan fingerprint density at radius 1 is 1.13 bits per heavy atom. The number of aromatic nitrogens is 2. The van der Waals surface area contributed by atoms with Gasteiger partial charge in [-0.15, -0.1) is 0 Å². The normalized spacial score (nSPS) is 11.0. The maximum absolute atomic E-state index is 11.3. The molecule has 0 spiro atoms. The second-order valence-corrected chi connectivity index (χ2v) is 7.69. The number of hydrogen-bond donors (Lipinski definition) is 2. The Bertz CT molecular complexity index is 1230. The van der Waals surface area contributed by atoms with Crippen molar-refractivity contribution >= 4 is 28.6 Å². The second kappa shape index (κ2) is 8.20. The molecule has 0 saturated heterocycles. The lowest BCUT2D eigenvalue weighted by atomic mass is 10.0. The standard InChI is InChI=1S/C24H21ClN2O3/c1-3-4-15-6-8-16(9-7-15)19-12-21-22(13-20(19)25)27-24(26-21)30-17-10-5-14(2)18(11-17)23(28)29/h5-13H,3-4H2,1-2H3,(H,26,27)(H,28,29)/p+1. The van der Waals surface area contributed by atoms with E-state index in [1.807, 2.05) is 12.1 Å². The van der Waals surface area contributed by atoms with E-state index >= 15 is 0 Å². The molecule has 0 aliphatic rings. The van der Waals surface area contributed by atoms with Crippen LogP contribution in [0.25, 0.3) is 22.2 Å². The molecule has 0 aliphatic carbocycles. The van der Waals surface area contributed by atoms with Crippen molar-refractivity contribution in [2.24, 2.45) is 0 Å². The quantitative estimate of drug-likeness (QED) is 0.397. The van der Waals surface area contributed by atoms with Gasteiger partial charge in [-0.25, -0.2) is 14.8 Å². The SMILES string of the molecule is CCCc1ccc(-c2cc3[nH+]c(Oc4ccc(C)c(C(=O)O)c4)[nH]c3cc2Cl)cc1. The number of halogens is 1. The predicted octanol–water partition coefficient (Wildman–Crippen LogP) is 6.05. The third kappa shape index (κ3) is 4.02. The van der Waals surface area contributed by atoms with Crippen molar-refractivity contribution < 1.29 is 19.6 Å². The lowest BCUT2D eigenvalue weighted by Gasteiger charge is -2.05. The number of rotatable bonds is 6. The van der Waals surface area contributed by atoms with Gasteiger partial charge in [0.05, 0.1) is 10.6 Å². The first-order valence-corrected chi connectivity index (χ1v) is 10.2. The number of fused-ring (bicyclic) bond motifs is 1. The van der Waals surface area contributed by atoms with Gasteiger partial charge in [0.1, 0.15) is 5.75 Å². The average Bonchev–Trinajstić information content (AvgIpc) is 3.10. The fourth-order valence-corrected chi connectivity index (χ4v) is 3.75. The fraction of sp³-hybridized carbons (Fsp3) is 0.167. The molecule has 4 aromatic rings. The summed E-state index contributed by atoms with van der Waals surface area (Å²) in [7, 11) is 0. The number of imidazole rings is 1. The molecule has 3 N–H and O–H groups in total. The molecule has 5 nitrogen and oxygen atoms in total.